The summed E-state index contributed by atoms with van der Waals surface area (Å²) in [5, 5.41) is 4.53. The molecule has 3 aliphatic carbocycles. The highest BCUT2D eigenvalue weighted by Gasteiger charge is 2.40. The molecule has 2 aliphatic heterocycles. The van der Waals surface area contributed by atoms with Gasteiger partial charge in [0.05, 0.1) is 23.7 Å². The summed E-state index contributed by atoms with van der Waals surface area (Å²) in [7, 11) is 0. The van der Waals surface area contributed by atoms with Gasteiger partial charge in [-0.05, 0) is 172 Å². The number of allylic oxidation sites excluding steroid dienone is 4. The first-order chi connectivity index (χ1) is 32.6. The van der Waals surface area contributed by atoms with Crippen molar-refractivity contribution >= 4 is 0 Å². The molecule has 7 aromatic rings. The molecule has 4 N–H and O–H groups in total. The second kappa shape index (κ2) is 17.7. The lowest BCUT2D eigenvalue weighted by Crippen LogP contribution is -2.28. The van der Waals surface area contributed by atoms with E-state index in [4.69, 9.17) is 0 Å². The molecule has 4 aromatic carbocycles. The smallest absolute Gasteiger partial charge is 0.0647 e. The Morgan fingerprint density at radius 2 is 0.515 bits per heavy atom. The van der Waals surface area contributed by atoms with E-state index in [2.05, 4.69) is 155 Å². The normalized spacial score (nSPS) is 24.2. The van der Waals surface area contributed by atoms with Crippen molar-refractivity contribution in [3.63, 3.8) is 0 Å². The van der Waals surface area contributed by atoms with Crippen molar-refractivity contribution in [1.82, 2.24) is 20.3 Å². The van der Waals surface area contributed by atoms with E-state index < -0.39 is 0 Å². The lowest BCUT2D eigenvalue weighted by molar-refractivity contribution is 0.663. The molecule has 0 spiro atoms. The van der Waals surface area contributed by atoms with Gasteiger partial charge in [-0.2, -0.15) is 0 Å². The van der Waals surface area contributed by atoms with Gasteiger partial charge < -0.3 is 20.3 Å². The Kier molecular flexibility index (Phi) is 11.1. The van der Waals surface area contributed by atoms with Crippen molar-refractivity contribution in [3.8, 4) is 0 Å². The van der Waals surface area contributed by atoms with Gasteiger partial charge in [0.1, 0.15) is 0 Å². The molecule has 5 aliphatic rings. The highest BCUT2D eigenvalue weighted by atomic mass is 15.0. The molecule has 0 radical (unpaired) electrons. The van der Waals surface area contributed by atoms with E-state index in [1.807, 2.05) is 0 Å². The number of hydrogen-bond donors (Lipinski definition) is 4. The summed E-state index contributed by atoms with van der Waals surface area (Å²) in [6.07, 6.45) is 18.6. The van der Waals surface area contributed by atoms with E-state index in [-0.39, 0.29) is 23.7 Å². The summed E-state index contributed by atoms with van der Waals surface area (Å²) >= 11 is 0. The number of fused-ring (bicyclic) bond motifs is 17. The highest BCUT2D eigenvalue weighted by Crippen LogP contribution is 2.50. The van der Waals surface area contributed by atoms with Gasteiger partial charge in [0.15, 0.2) is 0 Å². The molecule has 334 valence electrons. The van der Waals surface area contributed by atoms with E-state index in [9.17, 15) is 0 Å². The number of nitrogens with one attached hydrogen (secondary N) is 4. The Balaban J connectivity index is 1.24. The summed E-state index contributed by atoms with van der Waals surface area (Å²) in [5.41, 5.74) is 29.0. The number of hydrogen-bond acceptors (Lipinski definition) is 1. The van der Waals surface area contributed by atoms with E-state index in [0.29, 0.717) is 0 Å². The van der Waals surface area contributed by atoms with Crippen LogP contribution in [0.15, 0.2) is 144 Å². The highest BCUT2D eigenvalue weighted by molar-refractivity contribution is 5.60. The average Bonchev–Trinajstić information content (AvgIpc) is 4.07. The number of aromatic nitrogens is 3. The monoisotopic (exact) mass is 867 g/mol. The summed E-state index contributed by atoms with van der Waals surface area (Å²) in [4.78, 5) is 13.4. The van der Waals surface area contributed by atoms with Gasteiger partial charge in [-0.15, -0.1) is 0 Å². The number of rotatable bonds is 4. The van der Waals surface area contributed by atoms with Crippen molar-refractivity contribution in [2.45, 2.75) is 140 Å². The summed E-state index contributed by atoms with van der Waals surface area (Å²) in [6, 6.07) is 46.1. The van der Waals surface area contributed by atoms with Crippen molar-refractivity contribution < 1.29 is 0 Å². The van der Waals surface area contributed by atoms with Gasteiger partial charge in [0.25, 0.3) is 0 Å². The van der Waals surface area contributed by atoms with Crippen LogP contribution in [-0.2, 0) is 38.5 Å². The minimum atomic E-state index is 0.0251. The SMILES string of the molecule is C/C1=C2\N/C(=C(\C)CCCC1)C(c1ccccc1)c1[nH]c(c3c1CCCC3)C(c1ccccc1)c1[nH]c(c3c1CCCC3)C(c1ccccc1)c1[nH]c(c3c1CCCC3)C2c1ccccc1. The molecule has 8 bridgehead atoms. The van der Waals surface area contributed by atoms with E-state index in [0.717, 1.165) is 51.4 Å². The molecule has 4 heteroatoms. The number of benzene rings is 4. The summed E-state index contributed by atoms with van der Waals surface area (Å²) in [5.74, 6) is 0.171. The van der Waals surface area contributed by atoms with Crippen LogP contribution < -0.4 is 5.32 Å². The standard InChI is InChI=1S/C62H66N4/c1-39-23-15-16-24-40(2)56-52(42-27-9-4-10-28-42)58-46-34-18-20-36-48(46)60(65-58)54(44-31-13-6-14-32-44)62-50-38-22-21-37-49(50)61(66-62)53(43-29-11-5-12-30-43)59-47-35-19-17-33-45(47)57(64-59)51(55(39)63-56)41-25-7-3-8-26-41/h3-14,25-32,51-54,63-66H,15-24,33-38H2,1-2H3/b55-39+,56-40+. The zero-order valence-electron chi connectivity index (χ0n) is 39.2. The van der Waals surface area contributed by atoms with E-state index in [1.165, 1.54) is 130 Å². The number of aromatic amines is 3. The van der Waals surface area contributed by atoms with Crippen molar-refractivity contribution in [2.75, 3.05) is 0 Å². The lowest BCUT2D eigenvalue weighted by Gasteiger charge is -2.32. The van der Waals surface area contributed by atoms with Crippen LogP contribution >= 0.6 is 0 Å². The fourth-order valence-corrected chi connectivity index (χ4v) is 13.4. The minimum Gasteiger partial charge on any atom is -0.361 e. The van der Waals surface area contributed by atoms with Gasteiger partial charge in [-0.25, -0.2) is 0 Å². The van der Waals surface area contributed by atoms with Gasteiger partial charge in [-0.1, -0.05) is 132 Å². The van der Waals surface area contributed by atoms with Crippen LogP contribution in [0.5, 0.6) is 0 Å². The molecule has 3 aromatic heterocycles. The first kappa shape index (κ1) is 41.4. The fourth-order valence-electron chi connectivity index (χ4n) is 13.4. The van der Waals surface area contributed by atoms with Crippen LogP contribution in [0.25, 0.3) is 0 Å². The Morgan fingerprint density at radius 3 is 0.788 bits per heavy atom. The van der Waals surface area contributed by atoms with E-state index >= 15 is 0 Å². The molecule has 12 rings (SSSR count). The van der Waals surface area contributed by atoms with Crippen LogP contribution in [0.4, 0.5) is 0 Å². The maximum Gasteiger partial charge on any atom is 0.0647 e. The minimum absolute atomic E-state index is 0.0251. The zero-order valence-corrected chi connectivity index (χ0v) is 39.2. The third-order valence-electron chi connectivity index (χ3n) is 16.5. The topological polar surface area (TPSA) is 59.4 Å². The molecule has 0 saturated carbocycles. The molecule has 4 atom stereocenters. The Morgan fingerprint density at radius 1 is 0.288 bits per heavy atom. The zero-order chi connectivity index (χ0) is 44.1. The maximum absolute atomic E-state index is 4.53. The predicted octanol–water partition coefficient (Wildman–Crippen LogP) is 14.7. The summed E-state index contributed by atoms with van der Waals surface area (Å²) in [6.45, 7) is 4.89. The quantitative estimate of drug-likeness (QED) is 0.140. The third-order valence-corrected chi connectivity index (χ3v) is 16.5. The largest absolute Gasteiger partial charge is 0.361 e. The third kappa shape index (κ3) is 7.18. The molecule has 4 unspecified atom stereocenters. The Hall–Kier alpha value is -6.00. The fraction of sp³-hybridized carbons (Fsp3) is 0.355. The summed E-state index contributed by atoms with van der Waals surface area (Å²) < 4.78 is 0. The van der Waals surface area contributed by atoms with Crippen LogP contribution in [-0.4, -0.2) is 15.0 Å². The first-order valence-corrected chi connectivity index (χ1v) is 25.7. The molecular weight excluding hydrogens is 801 g/mol. The lowest BCUT2D eigenvalue weighted by atomic mass is 9.79. The maximum atomic E-state index is 4.53. The van der Waals surface area contributed by atoms with Gasteiger partial charge in [0.2, 0.25) is 0 Å². The van der Waals surface area contributed by atoms with Crippen LogP contribution in [0, 0.1) is 0 Å². The molecular formula is C62H66N4. The van der Waals surface area contributed by atoms with Crippen LogP contribution in [0.1, 0.15) is 192 Å². The molecule has 0 amide bonds. The predicted molar refractivity (Wildman–Crippen MR) is 271 cm³/mol. The molecule has 0 fully saturated rings. The van der Waals surface area contributed by atoms with Crippen molar-refractivity contribution in [2.24, 2.45) is 0 Å². The molecule has 66 heavy (non-hydrogen) atoms. The van der Waals surface area contributed by atoms with Crippen LogP contribution in [0.2, 0.25) is 0 Å². The number of H-pyrrole nitrogens is 3. The molecule has 0 saturated heterocycles. The molecule has 5 heterocycles. The molecule has 4 nitrogen and oxygen atoms in total. The van der Waals surface area contributed by atoms with Gasteiger partial charge >= 0.3 is 0 Å². The first-order valence-electron chi connectivity index (χ1n) is 25.7. The van der Waals surface area contributed by atoms with Crippen LogP contribution in [0.3, 0.4) is 0 Å². The van der Waals surface area contributed by atoms with Gasteiger partial charge in [0, 0.05) is 45.6 Å². The Bertz CT molecular complexity index is 2720. The van der Waals surface area contributed by atoms with Crippen molar-refractivity contribution in [3.05, 3.63) is 234 Å². The average molecular weight is 867 g/mol. The second-order valence-corrected chi connectivity index (χ2v) is 20.4. The van der Waals surface area contributed by atoms with E-state index in [1.54, 1.807) is 33.4 Å². The second-order valence-electron chi connectivity index (χ2n) is 20.4. The van der Waals surface area contributed by atoms with Gasteiger partial charge in [-0.3, -0.25) is 0 Å². The van der Waals surface area contributed by atoms with Crippen molar-refractivity contribution in [1.29, 1.82) is 0 Å². The Labute approximate surface area is 392 Å².